The fourth-order valence-electron chi connectivity index (χ4n) is 4.48. The van der Waals surface area contributed by atoms with Crippen molar-refractivity contribution in [2.75, 3.05) is 46.2 Å². The summed E-state index contributed by atoms with van der Waals surface area (Å²) < 4.78 is 30.9. The predicted octanol–water partition coefficient (Wildman–Crippen LogP) is 1.10. The van der Waals surface area contributed by atoms with Gasteiger partial charge in [-0.2, -0.15) is 0 Å². The van der Waals surface area contributed by atoms with Crippen LogP contribution in [0.25, 0.3) is 0 Å². The largest absolute Gasteiger partial charge is 0.384 e. The molecule has 2 aliphatic heterocycles. The van der Waals surface area contributed by atoms with Gasteiger partial charge in [0.25, 0.3) is 0 Å². The number of carbonyl (C=O) groups is 1. The van der Waals surface area contributed by atoms with Crippen molar-refractivity contribution >= 4 is 15.9 Å². The Labute approximate surface area is 144 Å². The highest BCUT2D eigenvalue weighted by atomic mass is 32.2. The molecule has 1 atom stereocenters. The van der Waals surface area contributed by atoms with Crippen molar-refractivity contribution in [2.45, 2.75) is 25.7 Å². The lowest BCUT2D eigenvalue weighted by Crippen LogP contribution is -2.48. The molecule has 3 rings (SSSR count). The molecular weight excluding hydrogens is 328 g/mol. The van der Waals surface area contributed by atoms with Gasteiger partial charge in [-0.25, -0.2) is 12.7 Å². The number of rotatable bonds is 4. The number of piperidine rings is 1. The topological polar surface area (TPSA) is 66.9 Å². The standard InChI is InChI=1S/C17H28N2O4S/c1-23-12-15-11-19(24(2,21)22)13-17(15)7-9-18(10-8-17)16(20)14-5-3-4-6-14/h3-4,14-15H,5-13H2,1-2H3. The maximum atomic E-state index is 12.6. The molecule has 1 unspecified atom stereocenters. The van der Waals surface area contributed by atoms with Gasteiger partial charge in [0.05, 0.1) is 12.9 Å². The molecule has 2 saturated heterocycles. The summed E-state index contributed by atoms with van der Waals surface area (Å²) >= 11 is 0. The van der Waals surface area contributed by atoms with Crippen LogP contribution in [0.4, 0.5) is 0 Å². The van der Waals surface area contributed by atoms with Gasteiger partial charge in [-0.1, -0.05) is 12.2 Å². The van der Waals surface area contributed by atoms with Gasteiger partial charge in [0.2, 0.25) is 15.9 Å². The van der Waals surface area contributed by atoms with Crippen LogP contribution in [0.5, 0.6) is 0 Å². The number of methoxy groups -OCH3 is 1. The minimum absolute atomic E-state index is 0.0518. The van der Waals surface area contributed by atoms with E-state index in [1.165, 1.54) is 6.26 Å². The van der Waals surface area contributed by atoms with Crippen molar-refractivity contribution in [2.24, 2.45) is 17.3 Å². The monoisotopic (exact) mass is 356 g/mol. The molecule has 1 amide bonds. The fourth-order valence-corrected chi connectivity index (χ4v) is 5.43. The number of carbonyl (C=O) groups excluding carboxylic acids is 1. The maximum absolute atomic E-state index is 12.6. The lowest BCUT2D eigenvalue weighted by molar-refractivity contribution is -0.138. The molecule has 24 heavy (non-hydrogen) atoms. The van der Waals surface area contributed by atoms with Crippen LogP contribution in [0.15, 0.2) is 12.2 Å². The summed E-state index contributed by atoms with van der Waals surface area (Å²) in [6.45, 7) is 3.13. The van der Waals surface area contributed by atoms with Crippen LogP contribution in [-0.2, 0) is 19.6 Å². The minimum Gasteiger partial charge on any atom is -0.384 e. The second-order valence-corrected chi connectivity index (χ2v) is 9.52. The molecule has 6 nitrogen and oxygen atoms in total. The van der Waals surface area contributed by atoms with Crippen molar-refractivity contribution in [1.29, 1.82) is 0 Å². The summed E-state index contributed by atoms with van der Waals surface area (Å²) in [7, 11) is -1.51. The van der Waals surface area contributed by atoms with E-state index in [2.05, 4.69) is 12.2 Å². The van der Waals surface area contributed by atoms with E-state index >= 15 is 0 Å². The second-order valence-electron chi connectivity index (χ2n) is 7.54. The van der Waals surface area contributed by atoms with Crippen LogP contribution < -0.4 is 0 Å². The normalized spacial score (nSPS) is 28.1. The number of ether oxygens (including phenoxy) is 1. The Balaban J connectivity index is 1.67. The average Bonchev–Trinajstić information content (AvgIpc) is 3.17. The van der Waals surface area contributed by atoms with Crippen LogP contribution in [0.2, 0.25) is 0 Å². The maximum Gasteiger partial charge on any atom is 0.226 e. The van der Waals surface area contributed by atoms with Crippen molar-refractivity contribution in [3.05, 3.63) is 12.2 Å². The van der Waals surface area contributed by atoms with Gasteiger partial charge in [-0.3, -0.25) is 4.79 Å². The van der Waals surface area contributed by atoms with Crippen LogP contribution >= 0.6 is 0 Å². The first-order valence-corrected chi connectivity index (χ1v) is 10.6. The SMILES string of the molecule is COCC1CN(S(C)(=O)=O)CC12CCN(C(=O)C1CC=CC1)CC2. The molecule has 3 aliphatic rings. The Bertz CT molecular complexity index is 600. The summed E-state index contributed by atoms with van der Waals surface area (Å²) in [6, 6.07) is 0. The third kappa shape index (κ3) is 3.39. The predicted molar refractivity (Wildman–Crippen MR) is 91.9 cm³/mol. The number of sulfonamides is 1. The number of allylic oxidation sites excluding steroid dienone is 2. The molecular formula is C17H28N2O4S. The summed E-state index contributed by atoms with van der Waals surface area (Å²) in [6.07, 6.45) is 8.88. The smallest absolute Gasteiger partial charge is 0.226 e. The molecule has 2 fully saturated rings. The summed E-state index contributed by atoms with van der Waals surface area (Å²) in [5.41, 5.74) is -0.0518. The van der Waals surface area contributed by atoms with E-state index < -0.39 is 10.0 Å². The van der Waals surface area contributed by atoms with E-state index in [-0.39, 0.29) is 23.2 Å². The second kappa shape index (κ2) is 6.77. The van der Waals surface area contributed by atoms with Gasteiger partial charge in [0.15, 0.2) is 0 Å². The van der Waals surface area contributed by atoms with Gasteiger partial charge in [-0.05, 0) is 31.1 Å². The number of nitrogens with zero attached hydrogens (tertiary/aromatic N) is 2. The molecule has 2 heterocycles. The van der Waals surface area contributed by atoms with Gasteiger partial charge < -0.3 is 9.64 Å². The Kier molecular flexibility index (Phi) is 5.04. The summed E-state index contributed by atoms with van der Waals surface area (Å²) in [4.78, 5) is 14.6. The van der Waals surface area contributed by atoms with Gasteiger partial charge in [-0.15, -0.1) is 0 Å². The zero-order valence-electron chi connectivity index (χ0n) is 14.6. The third-order valence-corrected chi connectivity index (χ3v) is 7.26. The Morgan fingerprint density at radius 2 is 1.88 bits per heavy atom. The first-order chi connectivity index (χ1) is 11.4. The minimum atomic E-state index is -3.18. The Morgan fingerprint density at radius 3 is 2.42 bits per heavy atom. The molecule has 0 radical (unpaired) electrons. The van der Waals surface area contributed by atoms with Crippen LogP contribution in [-0.4, -0.2) is 69.7 Å². The van der Waals surface area contributed by atoms with Crippen molar-refractivity contribution in [3.63, 3.8) is 0 Å². The van der Waals surface area contributed by atoms with E-state index in [0.717, 1.165) is 38.8 Å². The van der Waals surface area contributed by atoms with E-state index in [1.54, 1.807) is 11.4 Å². The van der Waals surface area contributed by atoms with Crippen molar-refractivity contribution < 1.29 is 17.9 Å². The van der Waals surface area contributed by atoms with Crippen molar-refractivity contribution in [3.8, 4) is 0 Å². The lowest BCUT2D eigenvalue weighted by Gasteiger charge is -2.43. The molecule has 0 bridgehead atoms. The molecule has 136 valence electrons. The molecule has 7 heteroatoms. The van der Waals surface area contributed by atoms with Crippen LogP contribution in [0.1, 0.15) is 25.7 Å². The van der Waals surface area contributed by atoms with E-state index in [4.69, 9.17) is 4.74 Å². The summed E-state index contributed by atoms with van der Waals surface area (Å²) in [5.74, 6) is 0.587. The van der Waals surface area contributed by atoms with Gasteiger partial charge >= 0.3 is 0 Å². The fraction of sp³-hybridized carbons (Fsp3) is 0.824. The number of hydrogen-bond donors (Lipinski definition) is 0. The van der Waals surface area contributed by atoms with E-state index in [1.807, 2.05) is 4.90 Å². The molecule has 0 aromatic rings. The van der Waals surface area contributed by atoms with E-state index in [9.17, 15) is 13.2 Å². The lowest BCUT2D eigenvalue weighted by atomic mass is 9.71. The molecule has 0 saturated carbocycles. The molecule has 0 aromatic heterocycles. The Morgan fingerprint density at radius 1 is 1.25 bits per heavy atom. The van der Waals surface area contributed by atoms with Gasteiger partial charge in [0, 0.05) is 45.1 Å². The highest BCUT2D eigenvalue weighted by Gasteiger charge is 2.50. The number of hydrogen-bond acceptors (Lipinski definition) is 4. The van der Waals surface area contributed by atoms with E-state index in [0.29, 0.717) is 19.7 Å². The zero-order chi connectivity index (χ0) is 17.4. The van der Waals surface area contributed by atoms with Gasteiger partial charge in [0.1, 0.15) is 0 Å². The number of likely N-dealkylation sites (tertiary alicyclic amines) is 1. The zero-order valence-corrected chi connectivity index (χ0v) is 15.4. The quantitative estimate of drug-likeness (QED) is 0.708. The molecule has 1 aliphatic carbocycles. The first-order valence-electron chi connectivity index (χ1n) is 8.73. The highest BCUT2D eigenvalue weighted by molar-refractivity contribution is 7.88. The van der Waals surface area contributed by atoms with Crippen LogP contribution in [0.3, 0.4) is 0 Å². The summed E-state index contributed by atoms with van der Waals surface area (Å²) in [5, 5.41) is 0. The average molecular weight is 356 g/mol. The molecule has 0 aromatic carbocycles. The van der Waals surface area contributed by atoms with Crippen molar-refractivity contribution in [1.82, 2.24) is 9.21 Å². The molecule has 0 N–H and O–H groups in total. The van der Waals surface area contributed by atoms with Crippen LogP contribution in [0, 0.1) is 17.3 Å². The first kappa shape index (κ1) is 17.9. The number of amides is 1. The Hall–Kier alpha value is -0.920. The molecule has 1 spiro atoms. The third-order valence-electron chi connectivity index (χ3n) is 6.05. The highest BCUT2D eigenvalue weighted by Crippen LogP contribution is 2.45.